The van der Waals surface area contributed by atoms with E-state index in [0.717, 1.165) is 69.5 Å². The molecule has 0 aliphatic carbocycles. The predicted molar refractivity (Wildman–Crippen MR) is 138 cm³/mol. The predicted octanol–water partition coefficient (Wildman–Crippen LogP) is 2.96. The fraction of sp³-hybridized carbons (Fsp3) is 0.478. The SMILES string of the molecule is CN=C(NCCCCn1c(C)cccc1=O)N1CCN(c2ccc(OC)cc2)CC1.I. The van der Waals surface area contributed by atoms with Crippen molar-refractivity contribution in [3.63, 3.8) is 0 Å². The van der Waals surface area contributed by atoms with Gasteiger partial charge in [0.15, 0.2) is 5.96 Å². The minimum Gasteiger partial charge on any atom is -0.497 e. The van der Waals surface area contributed by atoms with Gasteiger partial charge in [0.1, 0.15) is 5.75 Å². The number of aromatic nitrogens is 1. The molecule has 170 valence electrons. The summed E-state index contributed by atoms with van der Waals surface area (Å²) in [5.74, 6) is 1.84. The Bertz CT molecular complexity index is 890. The Morgan fingerprint density at radius 3 is 2.39 bits per heavy atom. The van der Waals surface area contributed by atoms with Crippen LogP contribution in [0, 0.1) is 6.92 Å². The zero-order chi connectivity index (χ0) is 21.3. The Hall–Kier alpha value is -2.23. The van der Waals surface area contributed by atoms with Crippen LogP contribution < -0.4 is 20.5 Å². The van der Waals surface area contributed by atoms with Crippen LogP contribution in [0.2, 0.25) is 0 Å². The molecule has 2 heterocycles. The quantitative estimate of drug-likeness (QED) is 0.254. The number of piperazine rings is 1. The fourth-order valence-electron chi connectivity index (χ4n) is 3.81. The molecule has 8 heteroatoms. The molecule has 0 unspecified atom stereocenters. The van der Waals surface area contributed by atoms with Crippen LogP contribution in [-0.2, 0) is 6.54 Å². The third kappa shape index (κ3) is 6.88. The summed E-state index contributed by atoms with van der Waals surface area (Å²) in [6.07, 6.45) is 1.95. The monoisotopic (exact) mass is 539 g/mol. The van der Waals surface area contributed by atoms with Gasteiger partial charge >= 0.3 is 0 Å². The number of nitrogens with zero attached hydrogens (tertiary/aromatic N) is 4. The molecular formula is C23H34IN5O2. The lowest BCUT2D eigenvalue weighted by Gasteiger charge is -2.37. The number of aliphatic imine (C=N–C) groups is 1. The van der Waals surface area contributed by atoms with Gasteiger partial charge in [-0.25, -0.2) is 0 Å². The van der Waals surface area contributed by atoms with Crippen molar-refractivity contribution in [3.05, 3.63) is 58.5 Å². The van der Waals surface area contributed by atoms with Gasteiger partial charge in [-0.05, 0) is 50.1 Å². The van der Waals surface area contributed by atoms with Gasteiger partial charge in [-0.3, -0.25) is 9.79 Å². The highest BCUT2D eigenvalue weighted by atomic mass is 127. The normalized spacial score (nSPS) is 14.2. The third-order valence-corrected chi connectivity index (χ3v) is 5.59. The first-order chi connectivity index (χ1) is 14.6. The van der Waals surface area contributed by atoms with Crippen molar-refractivity contribution < 1.29 is 4.74 Å². The van der Waals surface area contributed by atoms with Gasteiger partial charge in [0.05, 0.1) is 7.11 Å². The largest absolute Gasteiger partial charge is 0.497 e. The second kappa shape index (κ2) is 12.6. The van der Waals surface area contributed by atoms with Crippen molar-refractivity contribution >= 4 is 35.6 Å². The Kier molecular flexibility index (Phi) is 10.2. The number of nitrogens with one attached hydrogen (secondary N) is 1. The lowest BCUT2D eigenvalue weighted by atomic mass is 10.2. The van der Waals surface area contributed by atoms with E-state index < -0.39 is 0 Å². The first-order valence-corrected chi connectivity index (χ1v) is 10.6. The standard InChI is InChI=1S/C23H33N5O2.HI/c1-19-7-6-8-22(29)28(19)14-5-4-13-25-23(24-2)27-17-15-26(16-18-27)20-9-11-21(30-3)12-10-20;/h6-12H,4-5,13-18H2,1-3H3,(H,24,25);1H. The van der Waals surface area contributed by atoms with E-state index in [0.29, 0.717) is 0 Å². The Morgan fingerprint density at radius 2 is 1.77 bits per heavy atom. The van der Waals surface area contributed by atoms with E-state index >= 15 is 0 Å². The number of anilines is 1. The molecule has 1 fully saturated rings. The zero-order valence-corrected chi connectivity index (χ0v) is 21.0. The van der Waals surface area contributed by atoms with Crippen LogP contribution in [-0.4, -0.2) is 62.3 Å². The zero-order valence-electron chi connectivity index (χ0n) is 18.7. The molecule has 7 nitrogen and oxygen atoms in total. The van der Waals surface area contributed by atoms with Crippen molar-refractivity contribution in [2.24, 2.45) is 4.99 Å². The summed E-state index contributed by atoms with van der Waals surface area (Å²) in [7, 11) is 3.53. The van der Waals surface area contributed by atoms with Gasteiger partial charge < -0.3 is 24.4 Å². The van der Waals surface area contributed by atoms with Crippen molar-refractivity contribution in [1.29, 1.82) is 0 Å². The lowest BCUT2D eigenvalue weighted by Crippen LogP contribution is -2.52. The fourth-order valence-corrected chi connectivity index (χ4v) is 3.81. The minimum absolute atomic E-state index is 0. The topological polar surface area (TPSA) is 62.1 Å². The molecule has 3 rings (SSSR count). The average molecular weight is 539 g/mol. The van der Waals surface area contributed by atoms with Gasteiger partial charge in [-0.2, -0.15) is 0 Å². The first kappa shape index (κ1) is 25.0. The molecule has 1 aliphatic rings. The number of rotatable bonds is 7. The molecule has 1 aromatic heterocycles. The van der Waals surface area contributed by atoms with E-state index in [1.807, 2.05) is 42.8 Å². The number of pyridine rings is 1. The van der Waals surface area contributed by atoms with Gasteiger partial charge in [0.2, 0.25) is 0 Å². The summed E-state index contributed by atoms with van der Waals surface area (Å²) in [5.41, 5.74) is 2.32. The van der Waals surface area contributed by atoms with Crippen LogP contribution in [0.15, 0.2) is 52.3 Å². The van der Waals surface area contributed by atoms with E-state index in [1.165, 1.54) is 5.69 Å². The number of benzene rings is 1. The lowest BCUT2D eigenvalue weighted by molar-refractivity contribution is 0.372. The summed E-state index contributed by atoms with van der Waals surface area (Å²) < 4.78 is 7.08. The Balaban J connectivity index is 0.00000341. The second-order valence-electron chi connectivity index (χ2n) is 7.51. The molecule has 1 aromatic carbocycles. The number of unbranched alkanes of at least 4 members (excludes halogenated alkanes) is 1. The highest BCUT2D eigenvalue weighted by Gasteiger charge is 2.19. The number of hydrogen-bond donors (Lipinski definition) is 1. The number of ether oxygens (including phenoxy) is 1. The van der Waals surface area contributed by atoms with Gasteiger partial charge in [0, 0.05) is 63.8 Å². The van der Waals surface area contributed by atoms with Crippen LogP contribution in [0.5, 0.6) is 5.75 Å². The molecule has 1 saturated heterocycles. The molecule has 1 N–H and O–H groups in total. The summed E-state index contributed by atoms with van der Waals surface area (Å²) in [6.45, 7) is 7.38. The molecule has 0 radical (unpaired) electrons. The molecular weight excluding hydrogens is 505 g/mol. The summed E-state index contributed by atoms with van der Waals surface area (Å²) in [4.78, 5) is 21.1. The highest BCUT2D eigenvalue weighted by Crippen LogP contribution is 2.20. The number of guanidine groups is 1. The maximum atomic E-state index is 11.9. The number of methoxy groups -OCH3 is 1. The maximum absolute atomic E-state index is 11.9. The molecule has 0 saturated carbocycles. The van der Waals surface area contributed by atoms with E-state index in [4.69, 9.17) is 4.74 Å². The minimum atomic E-state index is 0. The van der Waals surface area contributed by atoms with E-state index in [1.54, 1.807) is 13.2 Å². The van der Waals surface area contributed by atoms with E-state index in [-0.39, 0.29) is 29.5 Å². The molecule has 31 heavy (non-hydrogen) atoms. The summed E-state index contributed by atoms with van der Waals surface area (Å²) in [6, 6.07) is 13.7. The molecule has 0 amide bonds. The second-order valence-corrected chi connectivity index (χ2v) is 7.51. The van der Waals surface area contributed by atoms with Crippen LogP contribution in [0.3, 0.4) is 0 Å². The average Bonchev–Trinajstić information content (AvgIpc) is 2.78. The molecule has 0 spiro atoms. The summed E-state index contributed by atoms with van der Waals surface area (Å²) in [5, 5.41) is 3.48. The van der Waals surface area contributed by atoms with Crippen molar-refractivity contribution in [2.75, 3.05) is 51.8 Å². The molecule has 2 aromatic rings. The molecule has 0 bridgehead atoms. The first-order valence-electron chi connectivity index (χ1n) is 10.6. The van der Waals surface area contributed by atoms with Crippen LogP contribution in [0.4, 0.5) is 5.69 Å². The van der Waals surface area contributed by atoms with Crippen LogP contribution >= 0.6 is 24.0 Å². The smallest absolute Gasteiger partial charge is 0.250 e. The van der Waals surface area contributed by atoms with Gasteiger partial charge in [-0.15, -0.1) is 24.0 Å². The third-order valence-electron chi connectivity index (χ3n) is 5.59. The van der Waals surface area contributed by atoms with Crippen molar-refractivity contribution in [2.45, 2.75) is 26.3 Å². The van der Waals surface area contributed by atoms with Crippen molar-refractivity contribution in [3.8, 4) is 5.75 Å². The summed E-state index contributed by atoms with van der Waals surface area (Å²) >= 11 is 0. The Morgan fingerprint density at radius 1 is 1.06 bits per heavy atom. The maximum Gasteiger partial charge on any atom is 0.250 e. The van der Waals surface area contributed by atoms with Crippen LogP contribution in [0.25, 0.3) is 0 Å². The van der Waals surface area contributed by atoms with E-state index in [2.05, 4.69) is 32.2 Å². The number of aryl methyl sites for hydroxylation is 1. The van der Waals surface area contributed by atoms with E-state index in [9.17, 15) is 4.79 Å². The van der Waals surface area contributed by atoms with Gasteiger partial charge in [-0.1, -0.05) is 6.07 Å². The van der Waals surface area contributed by atoms with Crippen molar-refractivity contribution in [1.82, 2.24) is 14.8 Å². The molecule has 0 atom stereocenters. The highest BCUT2D eigenvalue weighted by molar-refractivity contribution is 14.0. The van der Waals surface area contributed by atoms with Gasteiger partial charge in [0.25, 0.3) is 5.56 Å². The number of hydrogen-bond acceptors (Lipinski definition) is 4. The molecule has 1 aliphatic heterocycles. The van der Waals surface area contributed by atoms with Crippen LogP contribution in [0.1, 0.15) is 18.5 Å². The number of halogens is 1. The Labute approximate surface area is 202 Å².